The molecule has 1 atom stereocenters. The summed E-state index contributed by atoms with van der Waals surface area (Å²) in [5.74, 6) is 6.70. The zero-order chi connectivity index (χ0) is 11.4. The molecule has 16 heavy (non-hydrogen) atoms. The third-order valence-electron chi connectivity index (χ3n) is 2.31. The number of hydrogen-bond donors (Lipinski definition) is 0. The Bertz CT molecular complexity index is 454. The summed E-state index contributed by atoms with van der Waals surface area (Å²) in [5, 5.41) is 0. The van der Waals surface area contributed by atoms with E-state index in [1.165, 1.54) is 0 Å². The fourth-order valence-electron chi connectivity index (χ4n) is 1.47. The molecule has 0 saturated carbocycles. The predicted molar refractivity (Wildman–Crippen MR) is 59.4 cm³/mol. The van der Waals surface area contributed by atoms with Crippen LogP contribution in [0.2, 0.25) is 0 Å². The number of ether oxygens (including phenoxy) is 2. The van der Waals surface area contributed by atoms with Gasteiger partial charge in [0, 0.05) is 0 Å². The molecule has 0 radical (unpaired) electrons. The summed E-state index contributed by atoms with van der Waals surface area (Å²) in [6.45, 7) is 1.97. The summed E-state index contributed by atoms with van der Waals surface area (Å²) in [7, 11) is 0. The minimum absolute atomic E-state index is 0.0381. The molecule has 3 heteroatoms. The van der Waals surface area contributed by atoms with Gasteiger partial charge in [-0.05, 0) is 19.1 Å². The van der Waals surface area contributed by atoms with Gasteiger partial charge >= 0.3 is 0 Å². The van der Waals surface area contributed by atoms with Crippen LogP contribution in [0.4, 0.5) is 0 Å². The fraction of sp³-hybridized carbons (Fsp3) is 0.308. The van der Waals surface area contributed by atoms with Crippen molar-refractivity contribution in [3.05, 3.63) is 24.3 Å². The van der Waals surface area contributed by atoms with Crippen LogP contribution in [0, 0.1) is 11.8 Å². The number of carbonyl (C=O) groups excluding carboxylic acids is 1. The highest BCUT2D eigenvalue weighted by Gasteiger charge is 2.26. The molecule has 1 heterocycles. The average Bonchev–Trinajstić information content (AvgIpc) is 2.35. The first-order chi connectivity index (χ1) is 7.81. The Hall–Kier alpha value is -1.95. The Morgan fingerprint density at radius 1 is 1.44 bits per heavy atom. The number of hydrogen-bond acceptors (Lipinski definition) is 3. The lowest BCUT2D eigenvalue weighted by Crippen LogP contribution is -2.36. The van der Waals surface area contributed by atoms with Gasteiger partial charge in [0.1, 0.15) is 6.61 Å². The van der Waals surface area contributed by atoms with Crippen LogP contribution in [0.15, 0.2) is 24.3 Å². The quantitative estimate of drug-likeness (QED) is 0.707. The minimum Gasteiger partial charge on any atom is -0.485 e. The maximum absolute atomic E-state index is 11.7. The number of rotatable bonds is 2. The lowest BCUT2D eigenvalue weighted by molar-refractivity contribution is -0.127. The molecule has 0 fully saturated rings. The van der Waals surface area contributed by atoms with E-state index in [9.17, 15) is 4.79 Å². The van der Waals surface area contributed by atoms with Crippen molar-refractivity contribution < 1.29 is 14.3 Å². The van der Waals surface area contributed by atoms with Crippen molar-refractivity contribution in [3.8, 4) is 23.3 Å². The van der Waals surface area contributed by atoms with Crippen molar-refractivity contribution in [3.63, 3.8) is 0 Å². The molecule has 0 aromatic heterocycles. The van der Waals surface area contributed by atoms with Gasteiger partial charge in [-0.15, -0.1) is 5.92 Å². The molecule has 3 nitrogen and oxygen atoms in total. The Labute approximate surface area is 94.4 Å². The highest BCUT2D eigenvalue weighted by molar-refractivity contribution is 5.86. The zero-order valence-corrected chi connectivity index (χ0v) is 9.03. The first kappa shape index (κ1) is 10.6. The average molecular weight is 216 g/mol. The van der Waals surface area contributed by atoms with Crippen LogP contribution in [-0.2, 0) is 4.79 Å². The van der Waals surface area contributed by atoms with Crippen LogP contribution < -0.4 is 9.47 Å². The van der Waals surface area contributed by atoms with E-state index in [2.05, 4.69) is 11.8 Å². The molecule has 1 aromatic rings. The van der Waals surface area contributed by atoms with Gasteiger partial charge in [0.15, 0.2) is 23.4 Å². The third-order valence-corrected chi connectivity index (χ3v) is 2.31. The standard InChI is InChI=1S/C13H12O3/c1-2-3-6-10(14)13-9-15-11-7-4-5-8-12(11)16-13/h4-5,7-8,13H,6,9H2,1H3. The molecule has 0 bridgehead atoms. The monoisotopic (exact) mass is 216 g/mol. The summed E-state index contributed by atoms with van der Waals surface area (Å²) in [4.78, 5) is 11.7. The lowest BCUT2D eigenvalue weighted by atomic mass is 10.1. The van der Waals surface area contributed by atoms with E-state index in [1.807, 2.05) is 18.2 Å². The van der Waals surface area contributed by atoms with Gasteiger partial charge < -0.3 is 9.47 Å². The maximum Gasteiger partial charge on any atom is 0.191 e. The van der Waals surface area contributed by atoms with Gasteiger partial charge in [-0.2, -0.15) is 0 Å². The van der Waals surface area contributed by atoms with Gasteiger partial charge in [0.05, 0.1) is 6.42 Å². The molecule has 0 amide bonds. The Balaban J connectivity index is 2.07. The molecule has 2 rings (SSSR count). The third kappa shape index (κ3) is 2.17. The van der Waals surface area contributed by atoms with Crippen LogP contribution in [0.25, 0.3) is 0 Å². The first-order valence-corrected chi connectivity index (χ1v) is 5.12. The summed E-state index contributed by atoms with van der Waals surface area (Å²) < 4.78 is 11.0. The molecule has 82 valence electrons. The molecule has 1 unspecified atom stereocenters. The molecular formula is C13H12O3. The van der Waals surface area contributed by atoms with Crippen molar-refractivity contribution in [1.29, 1.82) is 0 Å². The van der Waals surface area contributed by atoms with E-state index in [0.29, 0.717) is 11.5 Å². The summed E-state index contributed by atoms with van der Waals surface area (Å²) >= 11 is 0. The molecular weight excluding hydrogens is 204 g/mol. The van der Waals surface area contributed by atoms with Gasteiger partial charge in [0.2, 0.25) is 0 Å². The number of fused-ring (bicyclic) bond motifs is 1. The first-order valence-electron chi connectivity index (χ1n) is 5.12. The van der Waals surface area contributed by atoms with Crippen LogP contribution in [-0.4, -0.2) is 18.5 Å². The second-order valence-electron chi connectivity index (χ2n) is 3.43. The smallest absolute Gasteiger partial charge is 0.191 e. The normalized spacial score (nSPS) is 17.2. The second kappa shape index (κ2) is 4.71. The van der Waals surface area contributed by atoms with Crippen molar-refractivity contribution in [1.82, 2.24) is 0 Å². The molecule has 1 aliphatic heterocycles. The molecule has 0 spiro atoms. The van der Waals surface area contributed by atoms with Gasteiger partial charge in [-0.25, -0.2) is 0 Å². The highest BCUT2D eigenvalue weighted by Crippen LogP contribution is 2.31. The van der Waals surface area contributed by atoms with Crippen LogP contribution in [0.3, 0.4) is 0 Å². The molecule has 0 saturated heterocycles. The minimum atomic E-state index is -0.532. The molecule has 1 aromatic carbocycles. The van der Waals surface area contributed by atoms with Gasteiger partial charge in [-0.3, -0.25) is 4.79 Å². The van der Waals surface area contributed by atoms with Crippen molar-refractivity contribution in [2.75, 3.05) is 6.61 Å². The maximum atomic E-state index is 11.7. The van der Waals surface area contributed by atoms with Crippen LogP contribution >= 0.6 is 0 Å². The van der Waals surface area contributed by atoms with E-state index in [1.54, 1.807) is 13.0 Å². The van der Waals surface area contributed by atoms with E-state index >= 15 is 0 Å². The van der Waals surface area contributed by atoms with E-state index < -0.39 is 6.10 Å². The summed E-state index contributed by atoms with van der Waals surface area (Å²) in [6, 6.07) is 7.33. The molecule has 0 N–H and O–H groups in total. The van der Waals surface area contributed by atoms with Crippen LogP contribution in [0.1, 0.15) is 13.3 Å². The Morgan fingerprint density at radius 2 is 2.19 bits per heavy atom. The Kier molecular flexibility index (Phi) is 3.11. The Morgan fingerprint density at radius 3 is 2.94 bits per heavy atom. The van der Waals surface area contributed by atoms with Gasteiger partial charge in [0.25, 0.3) is 0 Å². The highest BCUT2D eigenvalue weighted by atomic mass is 16.6. The number of benzene rings is 1. The fourth-order valence-corrected chi connectivity index (χ4v) is 1.47. The molecule has 0 aliphatic carbocycles. The van der Waals surface area contributed by atoms with E-state index in [-0.39, 0.29) is 18.8 Å². The summed E-state index contributed by atoms with van der Waals surface area (Å²) in [5.41, 5.74) is 0. The largest absolute Gasteiger partial charge is 0.485 e. The molecule has 1 aliphatic rings. The van der Waals surface area contributed by atoms with Crippen molar-refractivity contribution >= 4 is 5.78 Å². The van der Waals surface area contributed by atoms with Crippen molar-refractivity contribution in [2.24, 2.45) is 0 Å². The topological polar surface area (TPSA) is 35.5 Å². The second-order valence-corrected chi connectivity index (χ2v) is 3.43. The lowest BCUT2D eigenvalue weighted by Gasteiger charge is -2.24. The zero-order valence-electron chi connectivity index (χ0n) is 9.03. The van der Waals surface area contributed by atoms with Crippen molar-refractivity contribution in [2.45, 2.75) is 19.4 Å². The number of Topliss-reactive ketones (excluding diaryl/α,β-unsaturated/α-hetero) is 1. The van der Waals surface area contributed by atoms with Gasteiger partial charge in [-0.1, -0.05) is 18.1 Å². The van der Waals surface area contributed by atoms with Crippen LogP contribution in [0.5, 0.6) is 11.5 Å². The number of para-hydroxylation sites is 2. The summed E-state index contributed by atoms with van der Waals surface area (Å²) in [6.07, 6.45) is -0.317. The van der Waals surface area contributed by atoms with E-state index in [4.69, 9.17) is 9.47 Å². The van der Waals surface area contributed by atoms with E-state index in [0.717, 1.165) is 0 Å². The number of carbonyl (C=O) groups is 1. The SMILES string of the molecule is CC#CCC(=O)C1COc2ccccc2O1. The number of ketones is 1. The predicted octanol–water partition coefficient (Wildman–Crippen LogP) is 1.81.